The molecular formula is C32H36N4O6S. The Morgan fingerprint density at radius 2 is 1.51 bits per heavy atom. The van der Waals surface area contributed by atoms with Gasteiger partial charge in [0.15, 0.2) is 16.1 Å². The number of amides is 1. The molecule has 1 amide bonds. The fourth-order valence-corrected chi connectivity index (χ4v) is 6.02. The van der Waals surface area contributed by atoms with Gasteiger partial charge in [-0.15, -0.1) is 0 Å². The van der Waals surface area contributed by atoms with Crippen molar-refractivity contribution in [1.82, 2.24) is 14.6 Å². The number of ether oxygens (including phenoxy) is 2. The molecule has 4 rings (SSSR count). The van der Waals surface area contributed by atoms with Gasteiger partial charge in [0.2, 0.25) is 5.25 Å². The highest BCUT2D eigenvalue weighted by molar-refractivity contribution is 7.92. The fraction of sp³-hybridized carbons (Fsp3) is 0.281. The summed E-state index contributed by atoms with van der Waals surface area (Å²) in [6.07, 6.45) is 2.08. The first-order valence-electron chi connectivity index (χ1n) is 13.8. The number of carbonyl (C=O) groups is 2. The standard InChI is InChI=1S/C32H36N4O6S/c1-32(2,3)42-31(38)28(43(39,40)27-17-11-6-12-18-27)30(36(33)29(37)25-15-9-5-10-16-25)41-20-19-26-22-35(23-34-26)21-24-13-7-4-8-14-24/h4-18,22-23,28,30H,19-21,33H2,1-3H3/t28-,30?/m0/s1. The minimum Gasteiger partial charge on any atom is -0.459 e. The van der Waals surface area contributed by atoms with Crippen LogP contribution in [0.2, 0.25) is 0 Å². The molecule has 0 aliphatic carbocycles. The summed E-state index contributed by atoms with van der Waals surface area (Å²) in [7, 11) is -4.45. The Kier molecular flexibility index (Phi) is 10.1. The van der Waals surface area contributed by atoms with Crippen molar-refractivity contribution >= 4 is 21.7 Å². The van der Waals surface area contributed by atoms with Crippen molar-refractivity contribution in [2.75, 3.05) is 6.61 Å². The summed E-state index contributed by atoms with van der Waals surface area (Å²) in [5.41, 5.74) is 0.943. The Hall–Kier alpha value is -4.32. The van der Waals surface area contributed by atoms with Crippen LogP contribution in [0.25, 0.3) is 0 Å². The van der Waals surface area contributed by atoms with Crippen molar-refractivity contribution in [3.05, 3.63) is 120 Å². The molecule has 1 aromatic heterocycles. The van der Waals surface area contributed by atoms with Gasteiger partial charge in [0.1, 0.15) is 5.60 Å². The molecule has 3 aromatic carbocycles. The number of nitrogens with two attached hydrogens (primary N) is 1. The van der Waals surface area contributed by atoms with Crippen LogP contribution in [-0.4, -0.2) is 58.5 Å². The summed E-state index contributed by atoms with van der Waals surface area (Å²) in [5.74, 6) is 4.49. The van der Waals surface area contributed by atoms with Crippen molar-refractivity contribution in [1.29, 1.82) is 0 Å². The molecule has 0 aliphatic heterocycles. The second kappa shape index (κ2) is 13.8. The Labute approximate surface area is 252 Å². The molecule has 0 radical (unpaired) electrons. The Bertz CT molecular complexity index is 1600. The van der Waals surface area contributed by atoms with Crippen LogP contribution in [0.4, 0.5) is 0 Å². The number of hydrogen-bond acceptors (Lipinski definition) is 8. The Morgan fingerprint density at radius 3 is 2.12 bits per heavy atom. The summed E-state index contributed by atoms with van der Waals surface area (Å²) in [5, 5.41) is -1.33. The van der Waals surface area contributed by atoms with Gasteiger partial charge in [0.25, 0.3) is 5.91 Å². The number of imidazole rings is 1. The maximum Gasteiger partial charge on any atom is 0.330 e. The molecule has 11 heteroatoms. The molecule has 2 atom stereocenters. The average molecular weight is 605 g/mol. The lowest BCUT2D eigenvalue weighted by Crippen LogP contribution is -2.58. The van der Waals surface area contributed by atoms with E-state index in [1.165, 1.54) is 36.4 Å². The highest BCUT2D eigenvalue weighted by Crippen LogP contribution is 2.25. The highest BCUT2D eigenvalue weighted by atomic mass is 32.2. The number of benzene rings is 3. The lowest BCUT2D eigenvalue weighted by molar-refractivity contribution is -0.160. The van der Waals surface area contributed by atoms with Crippen LogP contribution in [0, 0.1) is 0 Å². The number of esters is 1. The average Bonchev–Trinajstić information content (AvgIpc) is 3.43. The van der Waals surface area contributed by atoms with Crippen LogP contribution in [0.1, 0.15) is 42.4 Å². The van der Waals surface area contributed by atoms with Gasteiger partial charge in [-0.25, -0.2) is 24.3 Å². The van der Waals surface area contributed by atoms with Crippen LogP contribution < -0.4 is 5.84 Å². The number of sulfone groups is 1. The zero-order chi connectivity index (χ0) is 31.0. The molecule has 226 valence electrons. The van der Waals surface area contributed by atoms with E-state index in [0.717, 1.165) is 5.56 Å². The minimum atomic E-state index is -4.45. The maximum absolute atomic E-state index is 14.0. The second-order valence-electron chi connectivity index (χ2n) is 10.9. The monoisotopic (exact) mass is 604 g/mol. The molecule has 2 N–H and O–H groups in total. The normalized spacial score (nSPS) is 13.2. The molecule has 0 spiro atoms. The van der Waals surface area contributed by atoms with Gasteiger partial charge in [-0.05, 0) is 50.6 Å². The van der Waals surface area contributed by atoms with Crippen LogP contribution in [-0.2, 0) is 37.1 Å². The third-order valence-electron chi connectivity index (χ3n) is 6.38. The van der Waals surface area contributed by atoms with Crippen molar-refractivity contribution in [2.24, 2.45) is 5.84 Å². The number of nitrogens with zero attached hydrogens (tertiary/aromatic N) is 3. The maximum atomic E-state index is 14.0. The smallest absolute Gasteiger partial charge is 0.330 e. The third-order valence-corrected chi connectivity index (χ3v) is 8.40. The van der Waals surface area contributed by atoms with E-state index in [2.05, 4.69) is 4.98 Å². The first kappa shape index (κ1) is 31.6. The summed E-state index contributed by atoms with van der Waals surface area (Å²) in [4.78, 5) is 31.3. The van der Waals surface area contributed by atoms with E-state index < -0.39 is 38.8 Å². The minimum absolute atomic E-state index is 0.0909. The van der Waals surface area contributed by atoms with Gasteiger partial charge < -0.3 is 14.0 Å². The second-order valence-corrected chi connectivity index (χ2v) is 13.0. The molecule has 0 aliphatic rings. The zero-order valence-corrected chi connectivity index (χ0v) is 25.2. The molecule has 1 heterocycles. The summed E-state index contributed by atoms with van der Waals surface area (Å²) in [6.45, 7) is 5.39. The number of hydrogen-bond donors (Lipinski definition) is 1. The number of hydrazine groups is 1. The van der Waals surface area contributed by atoms with E-state index >= 15 is 0 Å². The molecular weight excluding hydrogens is 568 g/mol. The summed E-state index contributed by atoms with van der Waals surface area (Å²) < 4.78 is 41.5. The predicted octanol–water partition coefficient (Wildman–Crippen LogP) is 4.02. The molecule has 0 saturated heterocycles. The van der Waals surface area contributed by atoms with Gasteiger partial charge in [0, 0.05) is 24.7 Å². The predicted molar refractivity (Wildman–Crippen MR) is 161 cm³/mol. The van der Waals surface area contributed by atoms with Gasteiger partial charge >= 0.3 is 5.97 Å². The number of aromatic nitrogens is 2. The number of carbonyl (C=O) groups excluding carboxylic acids is 2. The van der Waals surface area contributed by atoms with Crippen molar-refractivity contribution in [3.63, 3.8) is 0 Å². The van der Waals surface area contributed by atoms with Gasteiger partial charge in [-0.3, -0.25) is 9.59 Å². The van der Waals surface area contributed by atoms with Gasteiger partial charge in [-0.2, -0.15) is 0 Å². The van der Waals surface area contributed by atoms with Crippen LogP contribution in [0.5, 0.6) is 0 Å². The lowest BCUT2D eigenvalue weighted by Gasteiger charge is -2.33. The molecule has 0 saturated carbocycles. The zero-order valence-electron chi connectivity index (χ0n) is 24.4. The van der Waals surface area contributed by atoms with E-state index in [-0.39, 0.29) is 23.5 Å². The summed E-state index contributed by atoms with van der Waals surface area (Å²) in [6, 6.07) is 25.4. The largest absolute Gasteiger partial charge is 0.459 e. The van der Waals surface area contributed by atoms with E-state index in [1.807, 2.05) is 41.1 Å². The fourth-order valence-electron chi connectivity index (χ4n) is 4.37. The molecule has 1 unspecified atom stereocenters. The lowest BCUT2D eigenvalue weighted by atomic mass is 10.2. The first-order valence-corrected chi connectivity index (χ1v) is 15.3. The van der Waals surface area contributed by atoms with E-state index in [1.54, 1.807) is 51.4 Å². The Morgan fingerprint density at radius 1 is 0.930 bits per heavy atom. The third kappa shape index (κ3) is 8.38. The van der Waals surface area contributed by atoms with E-state index in [4.69, 9.17) is 15.3 Å². The summed E-state index contributed by atoms with van der Waals surface area (Å²) >= 11 is 0. The SMILES string of the molecule is CC(C)(C)OC(=O)[C@H](C(OCCc1cn(Cc2ccccc2)cn1)N(N)C(=O)c1ccccc1)S(=O)(=O)c1ccccc1. The molecule has 0 bridgehead atoms. The van der Waals surface area contributed by atoms with Crippen molar-refractivity contribution < 1.29 is 27.5 Å². The van der Waals surface area contributed by atoms with Crippen molar-refractivity contribution in [2.45, 2.75) is 55.7 Å². The van der Waals surface area contributed by atoms with Crippen molar-refractivity contribution in [3.8, 4) is 0 Å². The molecule has 10 nitrogen and oxygen atoms in total. The molecule has 43 heavy (non-hydrogen) atoms. The van der Waals surface area contributed by atoms with Gasteiger partial charge in [0.05, 0.1) is 23.5 Å². The Balaban J connectivity index is 1.64. The quantitative estimate of drug-likeness (QED) is 0.0843. The van der Waals surface area contributed by atoms with Crippen LogP contribution >= 0.6 is 0 Å². The van der Waals surface area contributed by atoms with E-state index in [9.17, 15) is 18.0 Å². The van der Waals surface area contributed by atoms with Crippen LogP contribution in [0.15, 0.2) is 108 Å². The van der Waals surface area contributed by atoms with Crippen LogP contribution in [0.3, 0.4) is 0 Å². The first-order chi connectivity index (χ1) is 20.5. The highest BCUT2D eigenvalue weighted by Gasteiger charge is 2.47. The molecule has 4 aromatic rings. The van der Waals surface area contributed by atoms with Gasteiger partial charge in [-0.1, -0.05) is 66.7 Å². The number of rotatable bonds is 12. The topological polar surface area (TPSA) is 134 Å². The molecule has 0 fully saturated rings. The van der Waals surface area contributed by atoms with E-state index in [0.29, 0.717) is 17.2 Å².